The highest BCUT2D eigenvalue weighted by molar-refractivity contribution is 7.89. The molecule has 1 heterocycles. The summed E-state index contributed by atoms with van der Waals surface area (Å²) in [5.74, 6) is -0.758. The number of benzene rings is 2. The number of alkyl halides is 3. The Bertz CT molecular complexity index is 989. The van der Waals surface area contributed by atoms with Crippen LogP contribution in [0.3, 0.4) is 0 Å². The number of hydrogen-bond acceptors (Lipinski definition) is 4. The number of hydrogen-bond donors (Lipinski definition) is 0. The van der Waals surface area contributed by atoms with Gasteiger partial charge in [-0.2, -0.15) is 4.31 Å². The fourth-order valence-electron chi connectivity index (χ4n) is 2.90. The number of carbonyl (C=O) groups is 1. The lowest BCUT2D eigenvalue weighted by molar-refractivity contribution is -0.274. The minimum Gasteiger partial charge on any atom is -0.406 e. The minimum atomic E-state index is -4.85. The van der Waals surface area contributed by atoms with Crippen LogP contribution in [0.2, 0.25) is 5.02 Å². The van der Waals surface area contributed by atoms with Crippen LogP contribution in [0.5, 0.6) is 5.75 Å². The van der Waals surface area contributed by atoms with E-state index in [-0.39, 0.29) is 37.0 Å². The van der Waals surface area contributed by atoms with Crippen LogP contribution in [0.25, 0.3) is 0 Å². The predicted molar refractivity (Wildman–Crippen MR) is 99.2 cm³/mol. The highest BCUT2D eigenvalue weighted by atomic mass is 35.5. The van der Waals surface area contributed by atoms with E-state index in [1.807, 2.05) is 0 Å². The van der Waals surface area contributed by atoms with E-state index in [1.54, 1.807) is 18.2 Å². The van der Waals surface area contributed by atoms with E-state index in [0.29, 0.717) is 10.6 Å². The first-order valence-corrected chi connectivity index (χ1v) is 10.3. The van der Waals surface area contributed by atoms with Gasteiger partial charge in [-0.15, -0.1) is 13.2 Å². The van der Waals surface area contributed by atoms with Crippen molar-refractivity contribution < 1.29 is 31.1 Å². The SMILES string of the molecule is O=C(c1cccc(Cl)c1)N1CCN(S(=O)(=O)c2ccc(OC(F)(F)F)cc2)CC1. The van der Waals surface area contributed by atoms with E-state index in [4.69, 9.17) is 11.6 Å². The van der Waals surface area contributed by atoms with E-state index in [1.165, 1.54) is 15.3 Å². The Kier molecular flexibility index (Phi) is 6.06. The number of nitrogens with zero attached hydrogens (tertiary/aromatic N) is 2. The summed E-state index contributed by atoms with van der Waals surface area (Å²) in [6.07, 6.45) is -4.85. The number of rotatable bonds is 4. The summed E-state index contributed by atoms with van der Waals surface area (Å²) in [7, 11) is -3.91. The Morgan fingerprint density at radius 1 is 1.00 bits per heavy atom. The van der Waals surface area contributed by atoms with Gasteiger partial charge in [0.2, 0.25) is 10.0 Å². The van der Waals surface area contributed by atoms with Crippen LogP contribution in [-0.2, 0) is 10.0 Å². The molecule has 1 saturated heterocycles. The maximum absolute atomic E-state index is 12.7. The number of halogens is 4. The summed E-state index contributed by atoms with van der Waals surface area (Å²) in [4.78, 5) is 13.9. The molecule has 1 amide bonds. The molecule has 0 spiro atoms. The average molecular weight is 449 g/mol. The van der Waals surface area contributed by atoms with Gasteiger partial charge in [0.05, 0.1) is 4.90 Å². The zero-order valence-corrected chi connectivity index (χ0v) is 16.5. The normalized spacial score (nSPS) is 15.9. The fourth-order valence-corrected chi connectivity index (χ4v) is 4.51. The molecule has 0 saturated carbocycles. The van der Waals surface area contributed by atoms with Crippen LogP contribution in [0, 0.1) is 0 Å². The zero-order valence-electron chi connectivity index (χ0n) is 14.9. The fraction of sp³-hybridized carbons (Fsp3) is 0.278. The number of sulfonamides is 1. The quantitative estimate of drug-likeness (QED) is 0.719. The first-order valence-electron chi connectivity index (χ1n) is 8.47. The van der Waals surface area contributed by atoms with Crippen molar-refractivity contribution in [1.82, 2.24) is 9.21 Å². The van der Waals surface area contributed by atoms with Crippen molar-refractivity contribution in [2.45, 2.75) is 11.3 Å². The maximum Gasteiger partial charge on any atom is 0.573 e. The lowest BCUT2D eigenvalue weighted by Crippen LogP contribution is -2.50. The van der Waals surface area contributed by atoms with Crippen molar-refractivity contribution in [3.8, 4) is 5.75 Å². The van der Waals surface area contributed by atoms with Gasteiger partial charge in [-0.3, -0.25) is 4.79 Å². The molecule has 2 aromatic rings. The topological polar surface area (TPSA) is 66.9 Å². The van der Waals surface area contributed by atoms with E-state index in [9.17, 15) is 26.4 Å². The summed E-state index contributed by atoms with van der Waals surface area (Å²) in [6.45, 7) is 0.491. The van der Waals surface area contributed by atoms with Crippen molar-refractivity contribution in [3.63, 3.8) is 0 Å². The molecule has 29 heavy (non-hydrogen) atoms. The molecule has 11 heteroatoms. The molecule has 0 N–H and O–H groups in total. The highest BCUT2D eigenvalue weighted by Gasteiger charge is 2.32. The van der Waals surface area contributed by atoms with Crippen molar-refractivity contribution in [1.29, 1.82) is 0 Å². The monoisotopic (exact) mass is 448 g/mol. The van der Waals surface area contributed by atoms with E-state index in [0.717, 1.165) is 24.3 Å². The van der Waals surface area contributed by atoms with Crippen LogP contribution in [0.4, 0.5) is 13.2 Å². The Balaban J connectivity index is 1.66. The molecule has 0 bridgehead atoms. The first kappa shape index (κ1) is 21.4. The van der Waals surface area contributed by atoms with Gasteiger partial charge in [0.15, 0.2) is 0 Å². The summed E-state index contributed by atoms with van der Waals surface area (Å²) in [6, 6.07) is 10.5. The molecular formula is C18H16ClF3N2O4S. The van der Waals surface area contributed by atoms with Gasteiger partial charge in [0.25, 0.3) is 5.91 Å². The van der Waals surface area contributed by atoms with Gasteiger partial charge in [-0.25, -0.2) is 8.42 Å². The maximum atomic E-state index is 12.7. The lowest BCUT2D eigenvalue weighted by Gasteiger charge is -2.34. The Hall–Kier alpha value is -2.30. The minimum absolute atomic E-state index is 0.0649. The third-order valence-electron chi connectivity index (χ3n) is 4.29. The first-order chi connectivity index (χ1) is 13.6. The number of piperazine rings is 1. The smallest absolute Gasteiger partial charge is 0.406 e. The van der Waals surface area contributed by atoms with E-state index >= 15 is 0 Å². The molecule has 0 atom stereocenters. The van der Waals surface area contributed by atoms with E-state index in [2.05, 4.69) is 4.74 Å². The molecule has 1 fully saturated rings. The van der Waals surface area contributed by atoms with Crippen molar-refractivity contribution in [3.05, 3.63) is 59.1 Å². The molecule has 156 valence electrons. The molecule has 0 aliphatic carbocycles. The second-order valence-corrected chi connectivity index (χ2v) is 8.60. The number of ether oxygens (including phenoxy) is 1. The van der Waals surface area contributed by atoms with Crippen LogP contribution in [0.1, 0.15) is 10.4 Å². The molecule has 6 nitrogen and oxygen atoms in total. The second kappa shape index (κ2) is 8.21. The zero-order chi connectivity index (χ0) is 21.2. The van der Waals surface area contributed by atoms with Crippen LogP contribution < -0.4 is 4.74 Å². The summed E-state index contributed by atoms with van der Waals surface area (Å²) in [5, 5.41) is 0.426. The number of amides is 1. The highest BCUT2D eigenvalue weighted by Crippen LogP contribution is 2.25. The van der Waals surface area contributed by atoms with Crippen molar-refractivity contribution in [2.24, 2.45) is 0 Å². The summed E-state index contributed by atoms with van der Waals surface area (Å²) in [5.41, 5.74) is 0.411. The molecule has 0 aromatic heterocycles. The van der Waals surface area contributed by atoms with Gasteiger partial charge in [-0.05, 0) is 42.5 Å². The summed E-state index contributed by atoms with van der Waals surface area (Å²) >= 11 is 5.90. The van der Waals surface area contributed by atoms with Crippen LogP contribution >= 0.6 is 11.6 Å². The molecular weight excluding hydrogens is 433 g/mol. The standard InChI is InChI=1S/C18H16ClF3N2O4S/c19-14-3-1-2-13(12-14)17(25)23-8-10-24(11-9-23)29(26,27)16-6-4-15(5-7-16)28-18(20,21)22/h1-7,12H,8-11H2. The van der Waals surface area contributed by atoms with E-state index < -0.39 is 22.1 Å². The van der Waals surface area contributed by atoms with Crippen molar-refractivity contribution in [2.75, 3.05) is 26.2 Å². The number of carbonyl (C=O) groups excluding carboxylic acids is 1. The largest absolute Gasteiger partial charge is 0.573 e. The molecule has 2 aromatic carbocycles. The summed E-state index contributed by atoms with van der Waals surface area (Å²) < 4.78 is 67.0. The Morgan fingerprint density at radius 2 is 1.62 bits per heavy atom. The van der Waals surface area contributed by atoms with Crippen LogP contribution in [0.15, 0.2) is 53.4 Å². The average Bonchev–Trinajstić information content (AvgIpc) is 2.67. The second-order valence-electron chi connectivity index (χ2n) is 6.23. The predicted octanol–water partition coefficient (Wildman–Crippen LogP) is 3.39. The van der Waals surface area contributed by atoms with Gasteiger partial charge in [0, 0.05) is 36.8 Å². The molecule has 1 aliphatic heterocycles. The van der Waals surface area contributed by atoms with Crippen molar-refractivity contribution >= 4 is 27.5 Å². The van der Waals surface area contributed by atoms with Crippen LogP contribution in [-0.4, -0.2) is 56.1 Å². The van der Waals surface area contributed by atoms with Gasteiger partial charge < -0.3 is 9.64 Å². The molecule has 0 radical (unpaired) electrons. The molecule has 1 aliphatic rings. The van der Waals surface area contributed by atoms with Gasteiger partial charge in [-0.1, -0.05) is 17.7 Å². The molecule has 3 rings (SSSR count). The Labute approximate surface area is 170 Å². The third-order valence-corrected chi connectivity index (χ3v) is 6.44. The molecule has 0 unspecified atom stereocenters. The lowest BCUT2D eigenvalue weighted by atomic mass is 10.2. The van der Waals surface area contributed by atoms with Gasteiger partial charge in [0.1, 0.15) is 5.75 Å². The Morgan fingerprint density at radius 3 is 2.17 bits per heavy atom. The van der Waals surface area contributed by atoms with Gasteiger partial charge >= 0.3 is 6.36 Å². The third kappa shape index (κ3) is 5.20.